The molecule has 0 aliphatic heterocycles. The predicted molar refractivity (Wildman–Crippen MR) is 77.3 cm³/mol. The molecule has 2 unspecified atom stereocenters. The lowest BCUT2D eigenvalue weighted by Crippen LogP contribution is -2.40. The Bertz CT molecular complexity index is 348. The van der Waals surface area contributed by atoms with Crippen LogP contribution in [0.4, 0.5) is 0 Å². The molecule has 1 amide bonds. The van der Waals surface area contributed by atoms with E-state index < -0.39 is 5.97 Å². The molecule has 0 heterocycles. The van der Waals surface area contributed by atoms with Crippen molar-refractivity contribution in [3.63, 3.8) is 0 Å². The monoisotopic (exact) mass is 281 g/mol. The van der Waals surface area contributed by atoms with E-state index in [4.69, 9.17) is 5.11 Å². The number of carboxylic acid groups (broad SMARTS) is 1. The highest BCUT2D eigenvalue weighted by molar-refractivity contribution is 5.79. The van der Waals surface area contributed by atoms with Crippen LogP contribution in [0.5, 0.6) is 0 Å². The Morgan fingerprint density at radius 2 is 1.55 bits per heavy atom. The lowest BCUT2D eigenvalue weighted by Gasteiger charge is -2.27. The van der Waals surface area contributed by atoms with Crippen LogP contribution >= 0.6 is 0 Å². The number of carbonyl (C=O) groups is 2. The van der Waals surface area contributed by atoms with Gasteiger partial charge in [0.05, 0.1) is 5.92 Å². The van der Waals surface area contributed by atoms with Crippen molar-refractivity contribution in [3.05, 3.63) is 0 Å². The Balaban J connectivity index is 1.76. The molecule has 0 spiro atoms. The molecule has 0 aromatic carbocycles. The van der Waals surface area contributed by atoms with Gasteiger partial charge in [-0.3, -0.25) is 9.59 Å². The minimum atomic E-state index is -0.707. The van der Waals surface area contributed by atoms with E-state index in [-0.39, 0.29) is 17.7 Å². The molecule has 0 aromatic heterocycles. The average molecular weight is 281 g/mol. The summed E-state index contributed by atoms with van der Waals surface area (Å²) in [5.41, 5.74) is 0. The van der Waals surface area contributed by atoms with E-state index in [1.165, 1.54) is 19.3 Å². The molecule has 2 saturated carbocycles. The minimum Gasteiger partial charge on any atom is -0.481 e. The Morgan fingerprint density at radius 1 is 0.900 bits per heavy atom. The van der Waals surface area contributed by atoms with Crippen LogP contribution in [-0.4, -0.2) is 23.0 Å². The van der Waals surface area contributed by atoms with Crippen LogP contribution < -0.4 is 5.32 Å². The SMILES string of the molecule is CC1CCCC(NC(=O)C2CCC(C(=O)O)CC2)CC1. The first-order valence-electron chi connectivity index (χ1n) is 8.09. The molecule has 20 heavy (non-hydrogen) atoms. The van der Waals surface area contributed by atoms with E-state index in [1.54, 1.807) is 0 Å². The van der Waals surface area contributed by atoms with Crippen molar-refractivity contribution in [2.24, 2.45) is 17.8 Å². The highest BCUT2D eigenvalue weighted by Gasteiger charge is 2.30. The second-order valence-electron chi connectivity index (χ2n) is 6.71. The lowest BCUT2D eigenvalue weighted by atomic mass is 9.81. The van der Waals surface area contributed by atoms with Crippen LogP contribution in [0.25, 0.3) is 0 Å². The van der Waals surface area contributed by atoms with Crippen LogP contribution in [0.1, 0.15) is 64.7 Å². The van der Waals surface area contributed by atoms with E-state index in [2.05, 4.69) is 12.2 Å². The molecule has 2 rings (SSSR count). The summed E-state index contributed by atoms with van der Waals surface area (Å²) >= 11 is 0. The van der Waals surface area contributed by atoms with Crippen molar-refractivity contribution in [2.75, 3.05) is 0 Å². The molecule has 2 N–H and O–H groups in total. The Hall–Kier alpha value is -1.06. The number of hydrogen-bond acceptors (Lipinski definition) is 2. The van der Waals surface area contributed by atoms with Crippen LogP contribution in [0, 0.1) is 17.8 Å². The standard InChI is InChI=1S/C16H27NO3/c1-11-3-2-4-14(10-5-11)17-15(18)12-6-8-13(9-7-12)16(19)20/h11-14H,2-10H2,1H3,(H,17,18)(H,19,20). The van der Waals surface area contributed by atoms with Crippen molar-refractivity contribution >= 4 is 11.9 Å². The van der Waals surface area contributed by atoms with E-state index in [0.717, 1.165) is 31.6 Å². The Kier molecular flexibility index (Phi) is 5.44. The molecule has 2 atom stereocenters. The second-order valence-corrected chi connectivity index (χ2v) is 6.71. The first-order valence-corrected chi connectivity index (χ1v) is 8.09. The zero-order valence-corrected chi connectivity index (χ0v) is 12.4. The van der Waals surface area contributed by atoms with Gasteiger partial charge < -0.3 is 10.4 Å². The maximum absolute atomic E-state index is 12.3. The summed E-state index contributed by atoms with van der Waals surface area (Å²) in [6, 6.07) is 0.338. The fourth-order valence-electron chi connectivity index (χ4n) is 3.55. The number of aliphatic carboxylic acids is 1. The summed E-state index contributed by atoms with van der Waals surface area (Å²) in [7, 11) is 0. The maximum atomic E-state index is 12.3. The lowest BCUT2D eigenvalue weighted by molar-refractivity contribution is -0.144. The van der Waals surface area contributed by atoms with E-state index >= 15 is 0 Å². The summed E-state index contributed by atoms with van der Waals surface area (Å²) in [5, 5.41) is 12.2. The molecular weight excluding hydrogens is 254 g/mol. The number of rotatable bonds is 3. The summed E-state index contributed by atoms with van der Waals surface area (Å²) < 4.78 is 0. The number of carboxylic acids is 1. The van der Waals surface area contributed by atoms with E-state index in [0.29, 0.717) is 18.9 Å². The summed E-state index contributed by atoms with van der Waals surface area (Å²) in [5.74, 6) is 0.0296. The molecule has 4 nitrogen and oxygen atoms in total. The summed E-state index contributed by atoms with van der Waals surface area (Å²) in [6.45, 7) is 2.29. The topological polar surface area (TPSA) is 66.4 Å². The van der Waals surface area contributed by atoms with Crippen LogP contribution in [0.15, 0.2) is 0 Å². The number of nitrogens with one attached hydrogen (secondary N) is 1. The average Bonchev–Trinajstić information content (AvgIpc) is 2.64. The van der Waals surface area contributed by atoms with Gasteiger partial charge in [-0.25, -0.2) is 0 Å². The number of hydrogen-bond donors (Lipinski definition) is 2. The first kappa shape index (κ1) is 15.3. The van der Waals surface area contributed by atoms with Gasteiger partial charge in [-0.2, -0.15) is 0 Å². The predicted octanol–water partition coefficient (Wildman–Crippen LogP) is 2.96. The summed E-state index contributed by atoms with van der Waals surface area (Å²) in [6.07, 6.45) is 8.63. The molecule has 0 aromatic rings. The quantitative estimate of drug-likeness (QED) is 0.782. The second kappa shape index (κ2) is 7.09. The van der Waals surface area contributed by atoms with Gasteiger partial charge in [0.15, 0.2) is 0 Å². The minimum absolute atomic E-state index is 0.0336. The molecule has 0 bridgehead atoms. The van der Waals surface area contributed by atoms with Crippen LogP contribution in [0.3, 0.4) is 0 Å². The number of amides is 1. The van der Waals surface area contributed by atoms with Crippen molar-refractivity contribution in [3.8, 4) is 0 Å². The maximum Gasteiger partial charge on any atom is 0.306 e. The third-order valence-electron chi connectivity index (χ3n) is 5.05. The van der Waals surface area contributed by atoms with Crippen LogP contribution in [-0.2, 0) is 9.59 Å². The van der Waals surface area contributed by atoms with Crippen molar-refractivity contribution in [1.82, 2.24) is 5.32 Å². The van der Waals surface area contributed by atoms with Gasteiger partial charge in [0.1, 0.15) is 0 Å². The molecule has 4 heteroatoms. The van der Waals surface area contributed by atoms with Gasteiger partial charge in [-0.1, -0.05) is 19.8 Å². The third kappa shape index (κ3) is 4.22. The summed E-state index contributed by atoms with van der Waals surface area (Å²) in [4.78, 5) is 23.2. The highest BCUT2D eigenvalue weighted by Crippen LogP contribution is 2.30. The number of carbonyl (C=O) groups excluding carboxylic acids is 1. The van der Waals surface area contributed by atoms with Crippen molar-refractivity contribution in [2.45, 2.75) is 70.8 Å². The van der Waals surface area contributed by atoms with Gasteiger partial charge in [0, 0.05) is 12.0 Å². The fraction of sp³-hybridized carbons (Fsp3) is 0.875. The molecule has 114 valence electrons. The largest absolute Gasteiger partial charge is 0.481 e. The molecule has 0 saturated heterocycles. The third-order valence-corrected chi connectivity index (χ3v) is 5.05. The van der Waals surface area contributed by atoms with Gasteiger partial charge in [0.25, 0.3) is 0 Å². The van der Waals surface area contributed by atoms with Gasteiger partial charge in [0.2, 0.25) is 5.91 Å². The van der Waals surface area contributed by atoms with Crippen molar-refractivity contribution in [1.29, 1.82) is 0 Å². The zero-order chi connectivity index (χ0) is 14.5. The smallest absolute Gasteiger partial charge is 0.306 e. The van der Waals surface area contributed by atoms with Gasteiger partial charge in [-0.05, 0) is 50.9 Å². The van der Waals surface area contributed by atoms with Gasteiger partial charge in [-0.15, -0.1) is 0 Å². The molecular formula is C16H27NO3. The molecule has 0 radical (unpaired) electrons. The van der Waals surface area contributed by atoms with E-state index in [9.17, 15) is 9.59 Å². The molecule has 2 aliphatic rings. The van der Waals surface area contributed by atoms with E-state index in [1.807, 2.05) is 0 Å². The normalized spacial score (nSPS) is 35.0. The van der Waals surface area contributed by atoms with Crippen LogP contribution in [0.2, 0.25) is 0 Å². The highest BCUT2D eigenvalue weighted by atomic mass is 16.4. The fourth-order valence-corrected chi connectivity index (χ4v) is 3.55. The van der Waals surface area contributed by atoms with Crippen molar-refractivity contribution < 1.29 is 14.7 Å². The first-order chi connectivity index (χ1) is 9.56. The molecule has 2 fully saturated rings. The Labute approximate surface area is 121 Å². The Morgan fingerprint density at radius 3 is 2.20 bits per heavy atom. The van der Waals surface area contributed by atoms with Gasteiger partial charge >= 0.3 is 5.97 Å². The molecule has 2 aliphatic carbocycles. The zero-order valence-electron chi connectivity index (χ0n) is 12.4.